The highest BCUT2D eigenvalue weighted by Crippen LogP contribution is 2.27. The molecule has 0 aromatic carbocycles. The Bertz CT molecular complexity index is 526. The number of rotatable bonds is 2. The second-order valence-electron chi connectivity index (χ2n) is 6.01. The van der Waals surface area contributed by atoms with E-state index in [1.54, 1.807) is 11.3 Å². The second-order valence-corrected chi connectivity index (χ2v) is 7.30. The summed E-state index contributed by atoms with van der Waals surface area (Å²) in [7, 11) is 0. The number of carbonyl (C=O) groups excluding carboxylic acids is 2. The summed E-state index contributed by atoms with van der Waals surface area (Å²) in [6, 6.07) is 3.89. The molecule has 0 unspecified atom stereocenters. The van der Waals surface area contributed by atoms with Crippen LogP contribution in [0.2, 0.25) is 0 Å². The van der Waals surface area contributed by atoms with Gasteiger partial charge in [-0.25, -0.2) is 0 Å². The molecule has 0 atom stereocenters. The van der Waals surface area contributed by atoms with Crippen molar-refractivity contribution in [1.82, 2.24) is 9.80 Å². The predicted octanol–water partition coefficient (Wildman–Crippen LogP) is 2.53. The Morgan fingerprint density at radius 1 is 1.05 bits per heavy atom. The Balaban J connectivity index is 1.55. The minimum Gasteiger partial charge on any atom is -0.339 e. The summed E-state index contributed by atoms with van der Waals surface area (Å²) in [4.78, 5) is 30.6. The molecular weight excluding hydrogens is 284 g/mol. The summed E-state index contributed by atoms with van der Waals surface area (Å²) in [5, 5.41) is 0. The molecule has 2 heterocycles. The number of thiophene rings is 1. The van der Waals surface area contributed by atoms with Crippen molar-refractivity contribution in [3.05, 3.63) is 21.9 Å². The zero-order valence-corrected chi connectivity index (χ0v) is 13.3. The van der Waals surface area contributed by atoms with Gasteiger partial charge in [0.05, 0.1) is 4.88 Å². The molecule has 0 spiro atoms. The lowest BCUT2D eigenvalue weighted by molar-refractivity contribution is -0.136. The van der Waals surface area contributed by atoms with Crippen LogP contribution in [0.5, 0.6) is 0 Å². The zero-order chi connectivity index (χ0) is 14.8. The maximum Gasteiger partial charge on any atom is 0.264 e. The lowest BCUT2D eigenvalue weighted by atomic mass is 10.1. The first-order valence-corrected chi connectivity index (χ1v) is 8.61. The normalized spacial score (nSPS) is 20.0. The van der Waals surface area contributed by atoms with Gasteiger partial charge in [-0.1, -0.05) is 12.8 Å². The molecule has 1 saturated carbocycles. The molecule has 1 saturated heterocycles. The van der Waals surface area contributed by atoms with E-state index in [-0.39, 0.29) is 11.8 Å². The van der Waals surface area contributed by atoms with E-state index in [1.165, 1.54) is 12.8 Å². The Morgan fingerprint density at radius 2 is 1.67 bits per heavy atom. The van der Waals surface area contributed by atoms with E-state index < -0.39 is 0 Å². The van der Waals surface area contributed by atoms with E-state index in [9.17, 15) is 9.59 Å². The third-order valence-electron chi connectivity index (χ3n) is 4.53. The molecule has 1 aliphatic carbocycles. The highest BCUT2D eigenvalue weighted by molar-refractivity contribution is 7.13. The molecule has 1 aromatic rings. The average Bonchev–Trinajstić information content (AvgIpc) is 3.17. The number of piperazine rings is 1. The molecule has 0 radical (unpaired) electrons. The Morgan fingerprint density at radius 3 is 2.24 bits per heavy atom. The van der Waals surface area contributed by atoms with Gasteiger partial charge in [-0.15, -0.1) is 11.3 Å². The molecule has 3 rings (SSSR count). The molecule has 2 aliphatic rings. The molecular formula is C16H22N2O2S. The van der Waals surface area contributed by atoms with E-state index in [0.717, 1.165) is 22.6 Å². The van der Waals surface area contributed by atoms with Crippen LogP contribution in [0.4, 0.5) is 0 Å². The van der Waals surface area contributed by atoms with Crippen LogP contribution < -0.4 is 0 Å². The van der Waals surface area contributed by atoms with Crippen LogP contribution >= 0.6 is 11.3 Å². The van der Waals surface area contributed by atoms with E-state index in [2.05, 4.69) is 0 Å². The first kappa shape index (κ1) is 14.6. The van der Waals surface area contributed by atoms with Gasteiger partial charge in [0.2, 0.25) is 5.91 Å². The maximum absolute atomic E-state index is 12.4. The van der Waals surface area contributed by atoms with Gasteiger partial charge < -0.3 is 9.80 Å². The van der Waals surface area contributed by atoms with Crippen LogP contribution in [0.3, 0.4) is 0 Å². The van der Waals surface area contributed by atoms with Gasteiger partial charge in [0.1, 0.15) is 0 Å². The van der Waals surface area contributed by atoms with Crippen molar-refractivity contribution >= 4 is 23.2 Å². The summed E-state index contributed by atoms with van der Waals surface area (Å²) >= 11 is 1.55. The number of hydrogen-bond acceptors (Lipinski definition) is 3. The minimum atomic E-state index is 0.112. The standard InChI is InChI=1S/C16H22N2O2S/c1-12-6-7-14(21-12)16(20)18-10-8-17(9-11-18)15(19)13-4-2-3-5-13/h6-7,13H,2-5,8-11H2,1H3. The fourth-order valence-electron chi connectivity index (χ4n) is 3.27. The number of hydrogen-bond donors (Lipinski definition) is 0. The lowest BCUT2D eigenvalue weighted by Gasteiger charge is -2.35. The Hall–Kier alpha value is -1.36. The molecule has 114 valence electrons. The number of amides is 2. The van der Waals surface area contributed by atoms with Crippen molar-refractivity contribution < 1.29 is 9.59 Å². The van der Waals surface area contributed by atoms with Crippen molar-refractivity contribution in [2.75, 3.05) is 26.2 Å². The van der Waals surface area contributed by atoms with E-state index in [4.69, 9.17) is 0 Å². The fourth-order valence-corrected chi connectivity index (χ4v) is 4.10. The smallest absolute Gasteiger partial charge is 0.264 e. The summed E-state index contributed by atoms with van der Waals surface area (Å²) in [6.07, 6.45) is 4.47. The molecule has 2 amide bonds. The molecule has 1 aliphatic heterocycles. The molecule has 5 heteroatoms. The van der Waals surface area contributed by atoms with E-state index in [0.29, 0.717) is 32.1 Å². The first-order valence-electron chi connectivity index (χ1n) is 7.79. The molecule has 0 bridgehead atoms. The van der Waals surface area contributed by atoms with Gasteiger partial charge in [-0.3, -0.25) is 9.59 Å². The first-order chi connectivity index (χ1) is 10.1. The van der Waals surface area contributed by atoms with Gasteiger partial charge >= 0.3 is 0 Å². The van der Waals surface area contributed by atoms with Crippen LogP contribution in [0.25, 0.3) is 0 Å². The topological polar surface area (TPSA) is 40.6 Å². The molecule has 0 N–H and O–H groups in total. The third kappa shape index (κ3) is 3.12. The molecule has 1 aromatic heterocycles. The minimum absolute atomic E-state index is 0.112. The number of carbonyl (C=O) groups is 2. The highest BCUT2D eigenvalue weighted by atomic mass is 32.1. The molecule has 21 heavy (non-hydrogen) atoms. The van der Waals surface area contributed by atoms with Crippen LogP contribution in [-0.4, -0.2) is 47.8 Å². The van der Waals surface area contributed by atoms with Crippen LogP contribution in [-0.2, 0) is 4.79 Å². The Kier molecular flexibility index (Phi) is 4.29. The van der Waals surface area contributed by atoms with Crippen molar-refractivity contribution in [2.24, 2.45) is 5.92 Å². The van der Waals surface area contributed by atoms with Crippen molar-refractivity contribution in [3.8, 4) is 0 Å². The quantitative estimate of drug-likeness (QED) is 0.842. The predicted molar refractivity (Wildman–Crippen MR) is 83.5 cm³/mol. The number of nitrogens with zero attached hydrogens (tertiary/aromatic N) is 2. The average molecular weight is 306 g/mol. The zero-order valence-electron chi connectivity index (χ0n) is 12.5. The molecule has 2 fully saturated rings. The lowest BCUT2D eigenvalue weighted by Crippen LogP contribution is -2.51. The summed E-state index contributed by atoms with van der Waals surface area (Å²) in [5.74, 6) is 0.667. The molecule has 4 nitrogen and oxygen atoms in total. The van der Waals surface area contributed by atoms with Gasteiger partial charge in [0, 0.05) is 37.0 Å². The number of aryl methyl sites for hydroxylation is 1. The fraction of sp³-hybridized carbons (Fsp3) is 0.625. The second kappa shape index (κ2) is 6.18. The largest absolute Gasteiger partial charge is 0.339 e. The van der Waals surface area contributed by atoms with Gasteiger partial charge in [0.25, 0.3) is 5.91 Å². The summed E-state index contributed by atoms with van der Waals surface area (Å²) < 4.78 is 0. The Labute approximate surface area is 129 Å². The SMILES string of the molecule is Cc1ccc(C(=O)N2CCN(C(=O)C3CCCC3)CC2)s1. The van der Waals surface area contributed by atoms with Crippen molar-refractivity contribution in [2.45, 2.75) is 32.6 Å². The van der Waals surface area contributed by atoms with Crippen molar-refractivity contribution in [3.63, 3.8) is 0 Å². The summed E-state index contributed by atoms with van der Waals surface area (Å²) in [5.41, 5.74) is 0. The maximum atomic E-state index is 12.4. The van der Waals surface area contributed by atoms with Gasteiger partial charge in [-0.2, -0.15) is 0 Å². The third-order valence-corrected chi connectivity index (χ3v) is 5.52. The highest BCUT2D eigenvalue weighted by Gasteiger charge is 2.30. The van der Waals surface area contributed by atoms with Gasteiger partial charge in [-0.05, 0) is 31.9 Å². The van der Waals surface area contributed by atoms with Gasteiger partial charge in [0.15, 0.2) is 0 Å². The van der Waals surface area contributed by atoms with E-state index >= 15 is 0 Å². The van der Waals surface area contributed by atoms with Crippen molar-refractivity contribution in [1.29, 1.82) is 0 Å². The van der Waals surface area contributed by atoms with Crippen LogP contribution in [0.15, 0.2) is 12.1 Å². The van der Waals surface area contributed by atoms with E-state index in [1.807, 2.05) is 28.9 Å². The summed E-state index contributed by atoms with van der Waals surface area (Å²) in [6.45, 7) is 4.71. The van der Waals surface area contributed by atoms with Crippen LogP contribution in [0.1, 0.15) is 40.2 Å². The van der Waals surface area contributed by atoms with Crippen LogP contribution in [0, 0.1) is 12.8 Å². The monoisotopic (exact) mass is 306 g/mol.